The first-order chi connectivity index (χ1) is 17.3. The van der Waals surface area contributed by atoms with Crippen LogP contribution in [0.5, 0.6) is 17.2 Å². The van der Waals surface area contributed by atoms with Crippen molar-refractivity contribution < 1.29 is 23.8 Å². The molecule has 1 fully saturated rings. The van der Waals surface area contributed by atoms with E-state index in [2.05, 4.69) is 5.32 Å². The van der Waals surface area contributed by atoms with Gasteiger partial charge in [-0.15, -0.1) is 0 Å². The van der Waals surface area contributed by atoms with E-state index in [1.807, 2.05) is 6.07 Å². The van der Waals surface area contributed by atoms with Gasteiger partial charge in [0.15, 0.2) is 16.6 Å². The summed E-state index contributed by atoms with van der Waals surface area (Å²) in [5.74, 6) is 0.394. The third kappa shape index (κ3) is 5.46. The summed E-state index contributed by atoms with van der Waals surface area (Å²) in [7, 11) is 3.05. The second-order valence-corrected chi connectivity index (χ2v) is 8.80. The van der Waals surface area contributed by atoms with E-state index in [1.165, 1.54) is 18.1 Å². The van der Waals surface area contributed by atoms with Crippen LogP contribution in [0.15, 0.2) is 66.2 Å². The smallest absolute Gasteiger partial charge is 0.270 e. The van der Waals surface area contributed by atoms with Gasteiger partial charge in [-0.1, -0.05) is 35.3 Å². The number of hydrogen-bond donors (Lipinski definition) is 1. The van der Waals surface area contributed by atoms with Crippen LogP contribution in [0.4, 0.5) is 5.69 Å². The molecule has 0 spiro atoms. The average molecular weight is 543 g/mol. The van der Waals surface area contributed by atoms with Crippen molar-refractivity contribution in [3.8, 4) is 17.2 Å². The van der Waals surface area contributed by atoms with Gasteiger partial charge in [-0.2, -0.15) is 0 Å². The zero-order chi connectivity index (χ0) is 25.8. The predicted molar refractivity (Wildman–Crippen MR) is 143 cm³/mol. The van der Waals surface area contributed by atoms with Crippen LogP contribution in [0.3, 0.4) is 0 Å². The maximum atomic E-state index is 13.2. The molecule has 0 bridgehead atoms. The predicted octanol–water partition coefficient (Wildman–Crippen LogP) is 5.42. The van der Waals surface area contributed by atoms with Crippen molar-refractivity contribution in [1.82, 2.24) is 5.32 Å². The van der Waals surface area contributed by atoms with E-state index in [1.54, 1.807) is 61.7 Å². The number of ether oxygens (including phenoxy) is 3. The molecule has 1 N–H and O–H groups in total. The van der Waals surface area contributed by atoms with Gasteiger partial charge in [0, 0.05) is 0 Å². The van der Waals surface area contributed by atoms with Crippen LogP contribution in [-0.2, 0) is 16.2 Å². The Morgan fingerprint density at radius 2 is 1.67 bits per heavy atom. The normalized spacial score (nSPS) is 14.6. The Bertz CT molecular complexity index is 1380. The number of anilines is 1. The summed E-state index contributed by atoms with van der Waals surface area (Å²) in [5.41, 5.74) is 1.82. The highest BCUT2D eigenvalue weighted by molar-refractivity contribution is 7.80. The molecule has 184 valence electrons. The first kappa shape index (κ1) is 25.5. The summed E-state index contributed by atoms with van der Waals surface area (Å²) in [4.78, 5) is 27.1. The zero-order valence-electron chi connectivity index (χ0n) is 19.2. The van der Waals surface area contributed by atoms with E-state index in [9.17, 15) is 9.59 Å². The van der Waals surface area contributed by atoms with Crippen molar-refractivity contribution in [2.24, 2.45) is 0 Å². The molecular weight excluding hydrogens is 523 g/mol. The molecule has 1 saturated heterocycles. The van der Waals surface area contributed by atoms with Crippen molar-refractivity contribution >= 4 is 64.1 Å². The van der Waals surface area contributed by atoms with Gasteiger partial charge in [-0.3, -0.25) is 19.8 Å². The molecule has 0 radical (unpaired) electrons. The van der Waals surface area contributed by atoms with Crippen LogP contribution >= 0.6 is 35.4 Å². The standard InChI is InChI=1S/C26H20Cl2N2O5S/c1-33-18-7-5-17(6-8-18)30-25(32)19(24(31)29-26(30)36)11-15-4-10-22(23(13-15)34-2)35-14-16-3-9-20(27)21(28)12-16/h3-13H,14H2,1-2H3,(H,29,31,36). The summed E-state index contributed by atoms with van der Waals surface area (Å²) in [6.07, 6.45) is 1.47. The van der Waals surface area contributed by atoms with Crippen molar-refractivity contribution in [1.29, 1.82) is 0 Å². The monoisotopic (exact) mass is 542 g/mol. The van der Waals surface area contributed by atoms with Crippen LogP contribution in [-0.4, -0.2) is 31.1 Å². The Kier molecular flexibility index (Phi) is 7.79. The summed E-state index contributed by atoms with van der Waals surface area (Å²) in [5, 5.41) is 3.46. The lowest BCUT2D eigenvalue weighted by atomic mass is 10.1. The summed E-state index contributed by atoms with van der Waals surface area (Å²) < 4.78 is 16.5. The number of hydrogen-bond acceptors (Lipinski definition) is 6. The molecule has 4 rings (SSSR count). The van der Waals surface area contributed by atoms with Gasteiger partial charge in [0.05, 0.1) is 30.0 Å². The van der Waals surface area contributed by atoms with Crippen molar-refractivity contribution in [2.75, 3.05) is 19.1 Å². The van der Waals surface area contributed by atoms with Crippen molar-refractivity contribution in [2.45, 2.75) is 6.61 Å². The van der Waals surface area contributed by atoms with Gasteiger partial charge >= 0.3 is 0 Å². The van der Waals surface area contributed by atoms with Crippen LogP contribution in [0.1, 0.15) is 11.1 Å². The van der Waals surface area contributed by atoms with Gasteiger partial charge in [0.1, 0.15) is 17.9 Å². The molecule has 1 heterocycles. The van der Waals surface area contributed by atoms with E-state index in [-0.39, 0.29) is 17.3 Å². The second kappa shape index (κ2) is 11.0. The Labute approximate surface area is 223 Å². The Morgan fingerprint density at radius 1 is 0.917 bits per heavy atom. The zero-order valence-corrected chi connectivity index (χ0v) is 21.5. The summed E-state index contributed by atoms with van der Waals surface area (Å²) in [6, 6.07) is 17.1. The molecule has 1 aliphatic rings. The quantitative estimate of drug-likeness (QED) is 0.244. The first-order valence-corrected chi connectivity index (χ1v) is 11.8. The number of thiocarbonyl (C=S) groups is 1. The fourth-order valence-corrected chi connectivity index (χ4v) is 4.08. The Balaban J connectivity index is 1.57. The molecule has 1 aliphatic heterocycles. The van der Waals surface area contributed by atoms with Crippen LogP contribution < -0.4 is 24.4 Å². The number of benzene rings is 3. The fraction of sp³-hybridized carbons (Fsp3) is 0.115. The molecule has 0 unspecified atom stereocenters. The van der Waals surface area contributed by atoms with E-state index in [0.717, 1.165) is 5.56 Å². The second-order valence-electron chi connectivity index (χ2n) is 7.60. The van der Waals surface area contributed by atoms with E-state index < -0.39 is 11.8 Å². The lowest BCUT2D eigenvalue weighted by Crippen LogP contribution is -2.54. The molecule has 7 nitrogen and oxygen atoms in total. The lowest BCUT2D eigenvalue weighted by Gasteiger charge is -2.29. The number of amides is 2. The van der Waals surface area contributed by atoms with Gasteiger partial charge in [0.25, 0.3) is 11.8 Å². The third-order valence-electron chi connectivity index (χ3n) is 5.31. The topological polar surface area (TPSA) is 77.1 Å². The minimum atomic E-state index is -0.589. The number of halogens is 2. The van der Waals surface area contributed by atoms with Crippen LogP contribution in [0, 0.1) is 0 Å². The summed E-state index contributed by atoms with van der Waals surface area (Å²) >= 11 is 17.3. The third-order valence-corrected chi connectivity index (χ3v) is 6.33. The molecule has 3 aromatic carbocycles. The molecule has 3 aromatic rings. The largest absolute Gasteiger partial charge is 0.497 e. The lowest BCUT2D eigenvalue weighted by molar-refractivity contribution is -0.122. The maximum absolute atomic E-state index is 13.2. The Morgan fingerprint density at radius 3 is 2.33 bits per heavy atom. The van der Waals surface area contributed by atoms with Gasteiger partial charge < -0.3 is 14.2 Å². The highest BCUT2D eigenvalue weighted by Gasteiger charge is 2.34. The fourth-order valence-electron chi connectivity index (χ4n) is 3.47. The van der Waals surface area contributed by atoms with Crippen molar-refractivity contribution in [3.05, 3.63) is 87.4 Å². The van der Waals surface area contributed by atoms with Crippen LogP contribution in [0.2, 0.25) is 10.0 Å². The number of methoxy groups -OCH3 is 2. The molecule has 0 aliphatic carbocycles. The molecule has 0 atom stereocenters. The number of rotatable bonds is 7. The van der Waals surface area contributed by atoms with Crippen LogP contribution in [0.25, 0.3) is 6.08 Å². The maximum Gasteiger partial charge on any atom is 0.270 e. The van der Waals surface area contributed by atoms with E-state index in [4.69, 9.17) is 49.6 Å². The molecular formula is C26H20Cl2N2O5S. The minimum absolute atomic E-state index is 0.00375. The SMILES string of the molecule is COc1ccc(N2C(=O)C(=Cc3ccc(OCc4ccc(Cl)c(Cl)c4)c(OC)c3)C(=O)NC2=S)cc1. The van der Waals surface area contributed by atoms with Gasteiger partial charge in [-0.05, 0) is 78.0 Å². The number of nitrogens with one attached hydrogen (secondary N) is 1. The molecule has 2 amide bonds. The number of carbonyl (C=O) groups is 2. The summed E-state index contributed by atoms with van der Waals surface area (Å²) in [6.45, 7) is 0.239. The molecule has 0 saturated carbocycles. The van der Waals surface area contributed by atoms with Gasteiger partial charge in [-0.25, -0.2) is 0 Å². The molecule has 10 heteroatoms. The van der Waals surface area contributed by atoms with Crippen molar-refractivity contribution in [3.63, 3.8) is 0 Å². The highest BCUT2D eigenvalue weighted by atomic mass is 35.5. The number of carbonyl (C=O) groups excluding carboxylic acids is 2. The molecule has 0 aromatic heterocycles. The average Bonchev–Trinajstić information content (AvgIpc) is 2.87. The van der Waals surface area contributed by atoms with E-state index in [0.29, 0.717) is 38.5 Å². The Hall–Kier alpha value is -3.59. The molecule has 36 heavy (non-hydrogen) atoms. The minimum Gasteiger partial charge on any atom is -0.497 e. The van der Waals surface area contributed by atoms with Gasteiger partial charge in [0.2, 0.25) is 0 Å². The number of nitrogens with zero attached hydrogens (tertiary/aromatic N) is 1. The first-order valence-electron chi connectivity index (χ1n) is 10.6. The van der Waals surface area contributed by atoms with E-state index >= 15 is 0 Å². The highest BCUT2D eigenvalue weighted by Crippen LogP contribution is 2.31.